The molecule has 126 valence electrons. The van der Waals surface area contributed by atoms with Crippen LogP contribution in [0.4, 0.5) is 0 Å². The number of carbonyl (C=O) groups is 1. The molecule has 1 heterocycles. The van der Waals surface area contributed by atoms with E-state index in [-0.39, 0.29) is 5.56 Å². The Hall–Kier alpha value is -1.88. The van der Waals surface area contributed by atoms with Crippen molar-refractivity contribution in [2.75, 3.05) is 5.75 Å². The van der Waals surface area contributed by atoms with Crippen molar-refractivity contribution in [2.24, 2.45) is 0 Å². The minimum absolute atomic E-state index is 0.259. The smallest absolute Gasteiger partial charge is 0.340 e. The van der Waals surface area contributed by atoms with E-state index in [1.807, 2.05) is 18.2 Å². The fraction of sp³-hybridized carbons (Fsp3) is 0.421. The molecule has 1 aromatic carbocycles. The number of carboxylic acid groups (broad SMARTS) is 1. The zero-order valence-corrected chi connectivity index (χ0v) is 14.7. The van der Waals surface area contributed by atoms with E-state index >= 15 is 0 Å². The summed E-state index contributed by atoms with van der Waals surface area (Å²) in [4.78, 5) is 20.8. The Balaban J connectivity index is 1.79. The van der Waals surface area contributed by atoms with Gasteiger partial charge in [0.25, 0.3) is 0 Å². The van der Waals surface area contributed by atoms with Crippen LogP contribution in [0.15, 0.2) is 35.4 Å². The van der Waals surface area contributed by atoms with E-state index in [0.29, 0.717) is 16.6 Å². The molecular weight excluding hydrogens is 320 g/mol. The number of hydrogen-bond acceptors (Lipinski definition) is 4. The van der Waals surface area contributed by atoms with Gasteiger partial charge in [0.2, 0.25) is 0 Å². The molecule has 1 aliphatic carbocycles. The standard InChI is InChI=1S/C19H22N2O2S/c1-13-16(19(22)23)18(21-17(20-13)15-9-5-6-10-15)24-12-11-14-7-3-2-4-8-14/h2-4,7-8,15H,5-6,9-12H2,1H3,(H,22,23). The van der Waals surface area contributed by atoms with Crippen LogP contribution in [0.25, 0.3) is 0 Å². The third-order valence-corrected chi connectivity index (χ3v) is 5.46. The van der Waals surface area contributed by atoms with Gasteiger partial charge in [0, 0.05) is 11.7 Å². The van der Waals surface area contributed by atoms with Gasteiger partial charge in [-0.05, 0) is 31.7 Å². The van der Waals surface area contributed by atoms with E-state index < -0.39 is 5.97 Å². The summed E-state index contributed by atoms with van der Waals surface area (Å²) in [6.07, 6.45) is 5.54. The number of thioether (sulfide) groups is 1. The van der Waals surface area contributed by atoms with Gasteiger partial charge in [-0.25, -0.2) is 14.8 Å². The first-order chi connectivity index (χ1) is 11.6. The third-order valence-electron chi connectivity index (χ3n) is 4.48. The van der Waals surface area contributed by atoms with Crippen molar-refractivity contribution in [1.29, 1.82) is 0 Å². The van der Waals surface area contributed by atoms with E-state index in [9.17, 15) is 9.90 Å². The quantitative estimate of drug-likeness (QED) is 0.619. The van der Waals surface area contributed by atoms with Gasteiger partial charge in [-0.1, -0.05) is 43.2 Å². The van der Waals surface area contributed by atoms with Gasteiger partial charge in [-0.3, -0.25) is 0 Å². The predicted octanol–water partition coefficient (Wildman–Crippen LogP) is 4.48. The van der Waals surface area contributed by atoms with Crippen molar-refractivity contribution in [2.45, 2.75) is 50.0 Å². The Morgan fingerprint density at radius 3 is 2.58 bits per heavy atom. The molecule has 5 heteroatoms. The number of aromatic carboxylic acids is 1. The highest BCUT2D eigenvalue weighted by Crippen LogP contribution is 2.34. The lowest BCUT2D eigenvalue weighted by atomic mass is 10.1. The van der Waals surface area contributed by atoms with Gasteiger partial charge >= 0.3 is 5.97 Å². The first-order valence-electron chi connectivity index (χ1n) is 8.43. The maximum Gasteiger partial charge on any atom is 0.340 e. The number of rotatable bonds is 6. The minimum atomic E-state index is -0.937. The highest BCUT2D eigenvalue weighted by Gasteiger charge is 2.24. The van der Waals surface area contributed by atoms with Crippen molar-refractivity contribution >= 4 is 17.7 Å². The van der Waals surface area contributed by atoms with Gasteiger partial charge in [-0.15, -0.1) is 11.8 Å². The summed E-state index contributed by atoms with van der Waals surface area (Å²) in [6, 6.07) is 10.2. The molecule has 1 aliphatic rings. The molecule has 1 N–H and O–H groups in total. The summed E-state index contributed by atoms with van der Waals surface area (Å²) in [5, 5.41) is 10.1. The maximum absolute atomic E-state index is 11.6. The SMILES string of the molecule is Cc1nc(C2CCCC2)nc(SCCc2ccccc2)c1C(=O)O. The van der Waals surface area contributed by atoms with Crippen molar-refractivity contribution in [3.05, 3.63) is 53.0 Å². The molecule has 1 saturated carbocycles. The number of carboxylic acids is 1. The largest absolute Gasteiger partial charge is 0.478 e. The second kappa shape index (κ2) is 7.79. The van der Waals surface area contributed by atoms with E-state index in [1.165, 1.54) is 30.2 Å². The summed E-state index contributed by atoms with van der Waals surface area (Å²) in [6.45, 7) is 1.78. The fourth-order valence-corrected chi connectivity index (χ4v) is 4.26. The molecular formula is C19H22N2O2S. The zero-order valence-electron chi connectivity index (χ0n) is 13.9. The number of aryl methyl sites for hydroxylation is 2. The van der Waals surface area contributed by atoms with Crippen LogP contribution >= 0.6 is 11.8 Å². The molecule has 0 amide bonds. The molecule has 0 atom stereocenters. The lowest BCUT2D eigenvalue weighted by Crippen LogP contribution is -2.11. The Kier molecular flexibility index (Phi) is 5.51. The first kappa shape index (κ1) is 17.0. The highest BCUT2D eigenvalue weighted by atomic mass is 32.2. The number of benzene rings is 1. The molecule has 2 aromatic rings. The average Bonchev–Trinajstić information content (AvgIpc) is 3.09. The van der Waals surface area contributed by atoms with Crippen LogP contribution in [0.1, 0.15) is 59.0 Å². The Morgan fingerprint density at radius 2 is 1.92 bits per heavy atom. The van der Waals surface area contributed by atoms with Gasteiger partial charge in [-0.2, -0.15) is 0 Å². The van der Waals surface area contributed by atoms with Crippen LogP contribution in [0.2, 0.25) is 0 Å². The molecule has 0 spiro atoms. The van der Waals surface area contributed by atoms with E-state index in [1.54, 1.807) is 6.92 Å². The molecule has 1 fully saturated rings. The normalized spacial score (nSPS) is 14.9. The van der Waals surface area contributed by atoms with Crippen LogP contribution in [-0.4, -0.2) is 26.8 Å². The van der Waals surface area contributed by atoms with Gasteiger partial charge in [0.15, 0.2) is 0 Å². The molecule has 0 bridgehead atoms. The fourth-order valence-electron chi connectivity index (χ4n) is 3.19. The monoisotopic (exact) mass is 342 g/mol. The molecule has 0 saturated heterocycles. The van der Waals surface area contributed by atoms with Crippen LogP contribution in [0.3, 0.4) is 0 Å². The molecule has 1 aromatic heterocycles. The van der Waals surface area contributed by atoms with Crippen LogP contribution in [0, 0.1) is 6.92 Å². The second-order valence-corrected chi connectivity index (χ2v) is 7.30. The number of hydrogen-bond donors (Lipinski definition) is 1. The minimum Gasteiger partial charge on any atom is -0.478 e. The number of aromatic nitrogens is 2. The van der Waals surface area contributed by atoms with Gasteiger partial charge in [0.05, 0.1) is 5.69 Å². The maximum atomic E-state index is 11.6. The van der Waals surface area contributed by atoms with Gasteiger partial charge < -0.3 is 5.11 Å². The highest BCUT2D eigenvalue weighted by molar-refractivity contribution is 7.99. The van der Waals surface area contributed by atoms with Crippen molar-refractivity contribution in [1.82, 2.24) is 9.97 Å². The zero-order chi connectivity index (χ0) is 16.9. The lowest BCUT2D eigenvalue weighted by Gasteiger charge is -2.13. The molecule has 0 radical (unpaired) electrons. The summed E-state index contributed by atoms with van der Waals surface area (Å²) < 4.78 is 0. The van der Waals surface area contributed by atoms with Gasteiger partial charge in [0.1, 0.15) is 16.4 Å². The molecule has 0 unspecified atom stereocenters. The summed E-state index contributed by atoms with van der Waals surface area (Å²) in [5.74, 6) is 1.09. The first-order valence-corrected chi connectivity index (χ1v) is 9.42. The Labute approximate surface area is 146 Å². The second-order valence-electron chi connectivity index (χ2n) is 6.22. The van der Waals surface area contributed by atoms with E-state index in [0.717, 1.165) is 30.8 Å². The average molecular weight is 342 g/mol. The molecule has 4 nitrogen and oxygen atoms in total. The lowest BCUT2D eigenvalue weighted by molar-refractivity contribution is 0.0690. The summed E-state index contributed by atoms with van der Waals surface area (Å²) >= 11 is 1.53. The third kappa shape index (κ3) is 3.96. The molecule has 3 rings (SSSR count). The Morgan fingerprint density at radius 1 is 1.21 bits per heavy atom. The predicted molar refractivity (Wildman–Crippen MR) is 95.8 cm³/mol. The van der Waals surface area contributed by atoms with Crippen LogP contribution in [-0.2, 0) is 6.42 Å². The topological polar surface area (TPSA) is 63.1 Å². The Bertz CT molecular complexity index is 713. The van der Waals surface area contributed by atoms with Crippen molar-refractivity contribution in [3.63, 3.8) is 0 Å². The van der Waals surface area contributed by atoms with E-state index in [2.05, 4.69) is 22.1 Å². The summed E-state index contributed by atoms with van der Waals surface area (Å²) in [5.41, 5.74) is 2.10. The van der Waals surface area contributed by atoms with E-state index in [4.69, 9.17) is 0 Å². The molecule has 0 aliphatic heterocycles. The molecule has 24 heavy (non-hydrogen) atoms. The van der Waals surface area contributed by atoms with Crippen molar-refractivity contribution in [3.8, 4) is 0 Å². The van der Waals surface area contributed by atoms with Crippen molar-refractivity contribution < 1.29 is 9.90 Å². The summed E-state index contributed by atoms with van der Waals surface area (Å²) in [7, 11) is 0. The van der Waals surface area contributed by atoms with Crippen LogP contribution < -0.4 is 0 Å². The van der Waals surface area contributed by atoms with Crippen LogP contribution in [0.5, 0.6) is 0 Å². The number of nitrogens with zero attached hydrogens (tertiary/aromatic N) is 2.